The van der Waals surface area contributed by atoms with Crippen LogP contribution in [0.3, 0.4) is 0 Å². The van der Waals surface area contributed by atoms with Crippen molar-refractivity contribution >= 4 is 0 Å². The summed E-state index contributed by atoms with van der Waals surface area (Å²) in [6.45, 7) is 5.26. The van der Waals surface area contributed by atoms with Crippen molar-refractivity contribution in [3.63, 3.8) is 0 Å². The molecule has 2 heterocycles. The van der Waals surface area contributed by atoms with Crippen LogP contribution in [0, 0.1) is 0 Å². The molecule has 0 unspecified atom stereocenters. The molecule has 2 rings (SSSR count). The summed E-state index contributed by atoms with van der Waals surface area (Å²) in [6.07, 6.45) is 3.13. The zero-order valence-corrected chi connectivity index (χ0v) is 9.39. The zero-order valence-electron chi connectivity index (χ0n) is 9.39. The van der Waals surface area contributed by atoms with Crippen molar-refractivity contribution < 1.29 is 0 Å². The maximum Gasteiger partial charge on any atom is 0.248 e. The highest BCUT2D eigenvalue weighted by molar-refractivity contribution is 5.25. The lowest BCUT2D eigenvalue weighted by molar-refractivity contribution is 0.276. The Balaban J connectivity index is 2.36. The van der Waals surface area contributed by atoms with Crippen molar-refractivity contribution in [3.05, 3.63) is 33.7 Å². The molecule has 0 fully saturated rings. The van der Waals surface area contributed by atoms with E-state index in [4.69, 9.17) is 0 Å². The Morgan fingerprint density at radius 2 is 2.07 bits per heavy atom. The van der Waals surface area contributed by atoms with E-state index in [1.807, 2.05) is 6.07 Å². The molecule has 0 radical (unpaired) electrons. The number of aromatic nitrogens is 1. The summed E-state index contributed by atoms with van der Waals surface area (Å²) in [5.74, 6) is 0. The van der Waals surface area contributed by atoms with Crippen LogP contribution in [0.15, 0.2) is 16.9 Å². The van der Waals surface area contributed by atoms with Crippen LogP contribution >= 0.6 is 0 Å². The van der Waals surface area contributed by atoms with Crippen LogP contribution < -0.4 is 10.9 Å². The molecule has 1 aliphatic rings. The molecule has 0 aliphatic carbocycles. The van der Waals surface area contributed by atoms with Gasteiger partial charge in [-0.3, -0.25) is 4.79 Å². The van der Waals surface area contributed by atoms with Crippen LogP contribution in [0.5, 0.6) is 0 Å². The van der Waals surface area contributed by atoms with Crippen LogP contribution in [0.25, 0.3) is 0 Å². The number of aromatic amines is 1. The van der Waals surface area contributed by atoms with E-state index in [1.54, 1.807) is 6.07 Å². The number of nitrogens with one attached hydrogen (secondary N) is 2. The quantitative estimate of drug-likeness (QED) is 0.771. The molecule has 0 spiro atoms. The van der Waals surface area contributed by atoms with Gasteiger partial charge in [0.1, 0.15) is 0 Å². The van der Waals surface area contributed by atoms with Gasteiger partial charge in [-0.25, -0.2) is 0 Å². The fourth-order valence-corrected chi connectivity index (χ4v) is 2.30. The Bertz CT molecular complexity index is 404. The number of rotatable bonds is 2. The lowest BCUT2D eigenvalue weighted by Gasteiger charge is -2.37. The highest BCUT2D eigenvalue weighted by Crippen LogP contribution is 2.26. The first kappa shape index (κ1) is 10.4. The van der Waals surface area contributed by atoms with Crippen molar-refractivity contribution in [2.75, 3.05) is 0 Å². The van der Waals surface area contributed by atoms with Gasteiger partial charge in [0.15, 0.2) is 0 Å². The van der Waals surface area contributed by atoms with Crippen LogP contribution in [0.4, 0.5) is 0 Å². The largest absolute Gasteiger partial charge is 0.326 e. The number of hydrogen-bond acceptors (Lipinski definition) is 2. The lowest BCUT2D eigenvalue weighted by Crippen LogP contribution is -2.49. The number of H-pyrrole nitrogens is 1. The highest BCUT2D eigenvalue weighted by Gasteiger charge is 2.30. The maximum atomic E-state index is 11.3. The molecule has 1 aromatic rings. The first-order valence-electron chi connectivity index (χ1n) is 5.65. The molecule has 15 heavy (non-hydrogen) atoms. The number of pyridine rings is 1. The van der Waals surface area contributed by atoms with Gasteiger partial charge in [0.2, 0.25) is 5.56 Å². The summed E-state index contributed by atoms with van der Waals surface area (Å²) in [5.41, 5.74) is 2.53. The molecule has 1 aromatic heterocycles. The molecule has 82 valence electrons. The topological polar surface area (TPSA) is 44.9 Å². The second-order valence-electron chi connectivity index (χ2n) is 4.34. The third-order valence-electron chi connectivity index (χ3n) is 3.62. The normalized spacial score (nSPS) is 18.5. The predicted octanol–water partition coefficient (Wildman–Crippen LogP) is 1.58. The molecule has 3 nitrogen and oxygen atoms in total. The van der Waals surface area contributed by atoms with Gasteiger partial charge in [-0.1, -0.05) is 19.9 Å². The maximum absolute atomic E-state index is 11.3. The highest BCUT2D eigenvalue weighted by atomic mass is 16.1. The fourth-order valence-electron chi connectivity index (χ4n) is 2.30. The average Bonchev–Trinajstić information content (AvgIpc) is 2.28. The predicted molar refractivity (Wildman–Crippen MR) is 60.9 cm³/mol. The summed E-state index contributed by atoms with van der Waals surface area (Å²) in [4.78, 5) is 14.2. The van der Waals surface area contributed by atoms with Gasteiger partial charge >= 0.3 is 0 Å². The Kier molecular flexibility index (Phi) is 2.65. The fraction of sp³-hybridized carbons (Fsp3) is 0.583. The molecule has 0 atom stereocenters. The van der Waals surface area contributed by atoms with Gasteiger partial charge < -0.3 is 10.3 Å². The minimum Gasteiger partial charge on any atom is -0.326 e. The SMILES string of the molecule is CCC1(CC)Cc2[nH]c(=O)ccc2CN1. The summed E-state index contributed by atoms with van der Waals surface area (Å²) in [7, 11) is 0. The van der Waals surface area contributed by atoms with Gasteiger partial charge in [-0.2, -0.15) is 0 Å². The molecule has 3 heteroatoms. The van der Waals surface area contributed by atoms with Crippen molar-refractivity contribution in [2.24, 2.45) is 0 Å². The molecule has 0 aromatic carbocycles. The van der Waals surface area contributed by atoms with Crippen LogP contribution in [-0.4, -0.2) is 10.5 Å². The second-order valence-corrected chi connectivity index (χ2v) is 4.34. The lowest BCUT2D eigenvalue weighted by atomic mass is 9.83. The third-order valence-corrected chi connectivity index (χ3v) is 3.62. The molecule has 0 bridgehead atoms. The summed E-state index contributed by atoms with van der Waals surface area (Å²) in [6, 6.07) is 3.53. The van der Waals surface area contributed by atoms with Gasteiger partial charge in [0.25, 0.3) is 0 Å². The smallest absolute Gasteiger partial charge is 0.248 e. The van der Waals surface area contributed by atoms with Crippen LogP contribution in [-0.2, 0) is 13.0 Å². The third kappa shape index (κ3) is 1.84. The molecule has 1 aliphatic heterocycles. The minimum atomic E-state index is 0.0109. The van der Waals surface area contributed by atoms with E-state index in [1.165, 1.54) is 5.56 Å². The van der Waals surface area contributed by atoms with Crippen molar-refractivity contribution in [1.29, 1.82) is 0 Å². The van der Waals surface area contributed by atoms with Gasteiger partial charge in [-0.05, 0) is 18.4 Å². The van der Waals surface area contributed by atoms with Crippen molar-refractivity contribution in [3.8, 4) is 0 Å². The van der Waals surface area contributed by atoms with Gasteiger partial charge in [0.05, 0.1) is 0 Å². The molecule has 0 saturated carbocycles. The summed E-state index contributed by atoms with van der Waals surface area (Å²) in [5, 5.41) is 3.59. The first-order chi connectivity index (χ1) is 7.19. The standard InChI is InChI=1S/C12H18N2O/c1-3-12(4-2)7-10-9(8-13-12)5-6-11(15)14-10/h5-6,13H,3-4,7-8H2,1-2H3,(H,14,15). The molecular formula is C12H18N2O. The van der Waals surface area contributed by atoms with E-state index in [9.17, 15) is 4.79 Å². The average molecular weight is 206 g/mol. The molecule has 0 saturated heterocycles. The van der Waals surface area contributed by atoms with E-state index >= 15 is 0 Å². The van der Waals surface area contributed by atoms with E-state index in [2.05, 4.69) is 24.1 Å². The minimum absolute atomic E-state index is 0.0109. The van der Waals surface area contributed by atoms with E-state index < -0.39 is 0 Å². The molecule has 2 N–H and O–H groups in total. The molecular weight excluding hydrogens is 188 g/mol. The Morgan fingerprint density at radius 3 is 2.73 bits per heavy atom. The number of hydrogen-bond donors (Lipinski definition) is 2. The van der Waals surface area contributed by atoms with Crippen molar-refractivity contribution in [2.45, 2.75) is 45.2 Å². The summed E-state index contributed by atoms with van der Waals surface area (Å²) < 4.78 is 0. The first-order valence-corrected chi connectivity index (χ1v) is 5.65. The Morgan fingerprint density at radius 1 is 1.33 bits per heavy atom. The summed E-state index contributed by atoms with van der Waals surface area (Å²) >= 11 is 0. The second kappa shape index (κ2) is 3.81. The zero-order chi connectivity index (χ0) is 10.9. The van der Waals surface area contributed by atoms with E-state index in [0.29, 0.717) is 0 Å². The number of fused-ring (bicyclic) bond motifs is 1. The Labute approximate surface area is 89.9 Å². The monoisotopic (exact) mass is 206 g/mol. The van der Waals surface area contributed by atoms with Crippen molar-refractivity contribution in [1.82, 2.24) is 10.3 Å². The molecule has 0 amide bonds. The van der Waals surface area contributed by atoms with Gasteiger partial charge in [-0.15, -0.1) is 0 Å². The van der Waals surface area contributed by atoms with E-state index in [0.717, 1.165) is 31.5 Å². The Hall–Kier alpha value is -1.09. The van der Waals surface area contributed by atoms with Gasteiger partial charge in [0, 0.05) is 30.3 Å². The van der Waals surface area contributed by atoms with Crippen LogP contribution in [0.2, 0.25) is 0 Å². The van der Waals surface area contributed by atoms with E-state index in [-0.39, 0.29) is 11.1 Å². The van der Waals surface area contributed by atoms with Crippen LogP contribution in [0.1, 0.15) is 37.9 Å².